The van der Waals surface area contributed by atoms with Crippen LogP contribution >= 0.6 is 0 Å². The number of anilines is 2. The molecule has 0 bridgehead atoms. The van der Waals surface area contributed by atoms with Crippen LogP contribution in [0.3, 0.4) is 0 Å². The molecule has 1 fully saturated rings. The molecule has 0 spiro atoms. The minimum absolute atomic E-state index is 0.208. The van der Waals surface area contributed by atoms with Crippen LogP contribution < -0.4 is 15.5 Å². The number of furan rings is 1. The second-order valence-corrected chi connectivity index (χ2v) is 6.89. The molecule has 2 heterocycles. The van der Waals surface area contributed by atoms with Crippen molar-refractivity contribution < 1.29 is 13.6 Å². The molecule has 2 aromatic carbocycles. The summed E-state index contributed by atoms with van der Waals surface area (Å²) >= 11 is 0. The van der Waals surface area contributed by atoms with Crippen molar-refractivity contribution in [3.05, 3.63) is 72.2 Å². The summed E-state index contributed by atoms with van der Waals surface area (Å²) in [6, 6.07) is 17.6. The maximum absolute atomic E-state index is 13.0. The van der Waals surface area contributed by atoms with Gasteiger partial charge in [0.25, 0.3) is 5.91 Å². The summed E-state index contributed by atoms with van der Waals surface area (Å²) in [6.45, 7) is 2.01. The molecule has 3 aromatic rings. The predicted octanol–water partition coefficient (Wildman–Crippen LogP) is 4.14. The number of rotatable bonds is 5. The highest BCUT2D eigenvalue weighted by atomic mass is 19.1. The van der Waals surface area contributed by atoms with Crippen LogP contribution in [-0.4, -0.2) is 32.1 Å². The maximum Gasteiger partial charge on any atom is 0.291 e. The highest BCUT2D eigenvalue weighted by Crippen LogP contribution is 2.25. The van der Waals surface area contributed by atoms with Crippen molar-refractivity contribution in [1.29, 1.82) is 0 Å². The number of halogens is 1. The number of amides is 1. The lowest BCUT2D eigenvalue weighted by atomic mass is 10.2. The molecule has 6 heteroatoms. The third-order valence-electron chi connectivity index (χ3n) is 5.05. The van der Waals surface area contributed by atoms with Crippen LogP contribution in [0.2, 0.25) is 0 Å². The normalized spacial score (nSPS) is 16.4. The Hall–Kier alpha value is -3.12. The Bertz CT molecular complexity index is 951. The van der Waals surface area contributed by atoms with Gasteiger partial charge in [-0.05, 0) is 74.1 Å². The first-order valence-corrected chi connectivity index (χ1v) is 9.32. The molecule has 5 nitrogen and oxygen atoms in total. The summed E-state index contributed by atoms with van der Waals surface area (Å²) in [6.07, 6.45) is 1.13. The van der Waals surface area contributed by atoms with Crippen LogP contribution in [0, 0.1) is 5.82 Å². The van der Waals surface area contributed by atoms with Crippen molar-refractivity contribution in [2.45, 2.75) is 12.5 Å². The Morgan fingerprint density at radius 1 is 1.07 bits per heavy atom. The molecular formula is C22H22FN3O2. The van der Waals surface area contributed by atoms with Gasteiger partial charge in [-0.2, -0.15) is 0 Å². The van der Waals surface area contributed by atoms with Crippen molar-refractivity contribution in [3.8, 4) is 11.3 Å². The second-order valence-electron chi connectivity index (χ2n) is 6.89. The first-order valence-electron chi connectivity index (χ1n) is 9.32. The van der Waals surface area contributed by atoms with E-state index in [1.165, 1.54) is 12.1 Å². The van der Waals surface area contributed by atoms with Crippen molar-refractivity contribution in [3.63, 3.8) is 0 Å². The Morgan fingerprint density at radius 3 is 2.50 bits per heavy atom. The number of carbonyl (C=O) groups is 1. The SMILES string of the molecule is CNC1CCN(c2ccc(NC(=O)c3ccc(-c4ccc(F)cc4)o3)cc2)C1. The zero-order valence-electron chi connectivity index (χ0n) is 15.6. The van der Waals surface area contributed by atoms with E-state index in [2.05, 4.69) is 15.5 Å². The molecule has 1 aliphatic rings. The lowest BCUT2D eigenvalue weighted by Crippen LogP contribution is -2.29. The van der Waals surface area contributed by atoms with Crippen molar-refractivity contribution in [2.24, 2.45) is 0 Å². The minimum Gasteiger partial charge on any atom is -0.451 e. The first kappa shape index (κ1) is 18.3. The Kier molecular flexibility index (Phi) is 5.12. The largest absolute Gasteiger partial charge is 0.451 e. The molecule has 0 saturated carbocycles. The molecule has 2 N–H and O–H groups in total. The summed E-state index contributed by atoms with van der Waals surface area (Å²) in [5.74, 6) is 0.0954. The lowest BCUT2D eigenvalue weighted by molar-refractivity contribution is 0.0997. The van der Waals surface area contributed by atoms with Gasteiger partial charge in [0, 0.05) is 36.1 Å². The van der Waals surface area contributed by atoms with E-state index in [0.717, 1.165) is 30.8 Å². The molecule has 1 amide bonds. The standard InChI is InChI=1S/C22H22FN3O2/c1-24-18-12-13-26(14-18)19-8-6-17(7-9-19)25-22(27)21-11-10-20(28-21)15-2-4-16(23)5-3-15/h2-11,18,24H,12-14H2,1H3,(H,25,27). The molecule has 1 aliphatic heterocycles. The Balaban J connectivity index is 1.40. The molecule has 1 saturated heterocycles. The van der Waals surface area contributed by atoms with E-state index in [-0.39, 0.29) is 17.5 Å². The van der Waals surface area contributed by atoms with Crippen molar-refractivity contribution in [2.75, 3.05) is 30.4 Å². The Labute approximate surface area is 163 Å². The number of benzene rings is 2. The van der Waals surface area contributed by atoms with E-state index in [1.807, 2.05) is 31.3 Å². The van der Waals surface area contributed by atoms with Gasteiger partial charge in [0.15, 0.2) is 5.76 Å². The average molecular weight is 379 g/mol. The zero-order valence-corrected chi connectivity index (χ0v) is 15.6. The van der Waals surface area contributed by atoms with Crippen LogP contribution in [0.4, 0.5) is 15.8 Å². The molecule has 0 aliphatic carbocycles. The van der Waals surface area contributed by atoms with Gasteiger partial charge >= 0.3 is 0 Å². The summed E-state index contributed by atoms with van der Waals surface area (Å²) in [5.41, 5.74) is 2.57. The maximum atomic E-state index is 13.0. The third kappa shape index (κ3) is 3.92. The minimum atomic E-state index is -0.322. The van der Waals surface area contributed by atoms with E-state index >= 15 is 0 Å². The van der Waals surface area contributed by atoms with E-state index in [1.54, 1.807) is 24.3 Å². The highest BCUT2D eigenvalue weighted by Gasteiger charge is 2.21. The van der Waals surface area contributed by atoms with E-state index < -0.39 is 0 Å². The van der Waals surface area contributed by atoms with Crippen LogP contribution in [0.25, 0.3) is 11.3 Å². The van der Waals surface area contributed by atoms with Crippen LogP contribution in [-0.2, 0) is 0 Å². The van der Waals surface area contributed by atoms with Gasteiger partial charge in [-0.1, -0.05) is 0 Å². The van der Waals surface area contributed by atoms with E-state index in [4.69, 9.17) is 4.42 Å². The van der Waals surface area contributed by atoms with Crippen molar-refractivity contribution in [1.82, 2.24) is 5.32 Å². The average Bonchev–Trinajstić information content (AvgIpc) is 3.39. The van der Waals surface area contributed by atoms with Gasteiger partial charge in [-0.3, -0.25) is 4.79 Å². The lowest BCUT2D eigenvalue weighted by Gasteiger charge is -2.19. The molecule has 0 radical (unpaired) electrons. The quantitative estimate of drug-likeness (QED) is 0.700. The summed E-state index contributed by atoms with van der Waals surface area (Å²) in [5, 5.41) is 6.15. The molecule has 1 atom stereocenters. The smallest absolute Gasteiger partial charge is 0.291 e. The fourth-order valence-electron chi connectivity index (χ4n) is 3.41. The van der Waals surface area contributed by atoms with Crippen LogP contribution in [0.15, 0.2) is 65.1 Å². The number of nitrogens with one attached hydrogen (secondary N) is 2. The molecular weight excluding hydrogens is 357 g/mol. The number of hydrogen-bond acceptors (Lipinski definition) is 4. The van der Waals surface area contributed by atoms with E-state index in [9.17, 15) is 9.18 Å². The van der Waals surface area contributed by atoms with E-state index in [0.29, 0.717) is 17.5 Å². The number of hydrogen-bond donors (Lipinski definition) is 2. The first-order chi connectivity index (χ1) is 13.6. The predicted molar refractivity (Wildman–Crippen MR) is 108 cm³/mol. The van der Waals surface area contributed by atoms with Crippen LogP contribution in [0.1, 0.15) is 17.0 Å². The molecule has 1 aromatic heterocycles. The monoisotopic (exact) mass is 379 g/mol. The van der Waals surface area contributed by atoms with Gasteiger partial charge in [0.05, 0.1) is 0 Å². The topological polar surface area (TPSA) is 57.5 Å². The molecule has 28 heavy (non-hydrogen) atoms. The molecule has 4 rings (SSSR count). The molecule has 144 valence electrons. The second kappa shape index (κ2) is 7.86. The van der Waals surface area contributed by atoms with Gasteiger partial charge < -0.3 is 20.0 Å². The summed E-state index contributed by atoms with van der Waals surface area (Å²) < 4.78 is 18.7. The summed E-state index contributed by atoms with van der Waals surface area (Å²) in [7, 11) is 1.99. The fourth-order valence-corrected chi connectivity index (χ4v) is 3.41. The molecule has 1 unspecified atom stereocenters. The number of carbonyl (C=O) groups excluding carboxylic acids is 1. The third-order valence-corrected chi connectivity index (χ3v) is 5.05. The van der Waals surface area contributed by atoms with Crippen molar-refractivity contribution >= 4 is 17.3 Å². The number of likely N-dealkylation sites (N-methyl/N-ethyl adjacent to an activating group) is 1. The Morgan fingerprint density at radius 2 is 1.82 bits per heavy atom. The van der Waals surface area contributed by atoms with Gasteiger partial charge in [0.2, 0.25) is 0 Å². The zero-order chi connectivity index (χ0) is 19.5. The number of nitrogens with zero attached hydrogens (tertiary/aromatic N) is 1. The van der Waals surface area contributed by atoms with Gasteiger partial charge in [0.1, 0.15) is 11.6 Å². The van der Waals surface area contributed by atoms with Crippen LogP contribution in [0.5, 0.6) is 0 Å². The highest BCUT2D eigenvalue weighted by molar-refractivity contribution is 6.02. The fraction of sp³-hybridized carbons (Fsp3) is 0.227. The van der Waals surface area contributed by atoms with Gasteiger partial charge in [-0.15, -0.1) is 0 Å². The van der Waals surface area contributed by atoms with Gasteiger partial charge in [-0.25, -0.2) is 4.39 Å². The summed E-state index contributed by atoms with van der Waals surface area (Å²) in [4.78, 5) is 14.8.